The van der Waals surface area contributed by atoms with Crippen molar-refractivity contribution in [2.45, 2.75) is 25.8 Å². The van der Waals surface area contributed by atoms with Crippen molar-refractivity contribution >= 4 is 11.9 Å². The van der Waals surface area contributed by atoms with Gasteiger partial charge in [-0.25, -0.2) is 0 Å². The molecule has 6 nitrogen and oxygen atoms in total. The molecular weight excluding hydrogens is 184 g/mol. The van der Waals surface area contributed by atoms with Crippen molar-refractivity contribution in [3.8, 4) is 0 Å². The van der Waals surface area contributed by atoms with E-state index in [1.54, 1.807) is 6.92 Å². The average Bonchev–Trinajstić information content (AvgIpc) is 2.88. The van der Waals surface area contributed by atoms with Gasteiger partial charge in [-0.1, -0.05) is 5.10 Å². The zero-order valence-corrected chi connectivity index (χ0v) is 7.91. The number of carbonyl (C=O) groups excluding carboxylic acids is 1. The molecule has 1 aromatic rings. The van der Waals surface area contributed by atoms with Crippen LogP contribution in [0.5, 0.6) is 0 Å². The number of amides is 1. The van der Waals surface area contributed by atoms with Gasteiger partial charge in [0.15, 0.2) is 0 Å². The van der Waals surface area contributed by atoms with E-state index in [0.717, 1.165) is 12.8 Å². The molecule has 0 aliphatic heterocycles. The molecule has 0 atom stereocenters. The quantitative estimate of drug-likeness (QED) is 0.712. The normalized spacial score (nSPS) is 15.5. The number of anilines is 1. The molecule has 76 valence electrons. The fraction of sp³-hybridized carbons (Fsp3) is 0.625. The van der Waals surface area contributed by atoms with Crippen molar-refractivity contribution in [2.75, 3.05) is 11.9 Å². The van der Waals surface area contributed by atoms with Crippen LogP contribution < -0.4 is 10.6 Å². The zero-order chi connectivity index (χ0) is 9.97. The summed E-state index contributed by atoms with van der Waals surface area (Å²) >= 11 is 0. The van der Waals surface area contributed by atoms with Crippen LogP contribution in [0.1, 0.15) is 18.7 Å². The molecule has 0 bridgehead atoms. The topological polar surface area (TPSA) is 80.0 Å². The van der Waals surface area contributed by atoms with Gasteiger partial charge in [0.05, 0.1) is 6.54 Å². The maximum atomic E-state index is 11.3. The summed E-state index contributed by atoms with van der Waals surface area (Å²) in [5.74, 6) is 0.288. The van der Waals surface area contributed by atoms with Gasteiger partial charge in [-0.2, -0.15) is 0 Å². The van der Waals surface area contributed by atoms with Crippen LogP contribution >= 0.6 is 0 Å². The molecule has 1 aliphatic rings. The highest BCUT2D eigenvalue weighted by molar-refractivity contribution is 5.90. The molecule has 1 fully saturated rings. The Morgan fingerprint density at radius 1 is 1.57 bits per heavy atom. The Hall–Kier alpha value is -1.43. The molecule has 1 aromatic heterocycles. The first-order valence-corrected chi connectivity index (χ1v) is 4.57. The van der Waals surface area contributed by atoms with E-state index in [1.807, 2.05) is 0 Å². The second-order valence-corrected chi connectivity index (χ2v) is 3.33. The molecule has 0 aromatic carbocycles. The molecule has 0 radical (unpaired) electrons. The van der Waals surface area contributed by atoms with Crippen LogP contribution in [0.15, 0.2) is 4.42 Å². The van der Waals surface area contributed by atoms with Gasteiger partial charge < -0.3 is 9.73 Å². The number of aryl methyl sites for hydroxylation is 1. The van der Waals surface area contributed by atoms with Crippen LogP contribution in [0, 0.1) is 6.92 Å². The van der Waals surface area contributed by atoms with Crippen LogP contribution in [0.4, 0.5) is 6.01 Å². The minimum absolute atomic E-state index is 0.152. The lowest BCUT2D eigenvalue weighted by molar-refractivity contribution is -0.115. The smallest absolute Gasteiger partial charge is 0.322 e. The molecule has 2 rings (SSSR count). The fourth-order valence-corrected chi connectivity index (χ4v) is 1.04. The molecule has 0 unspecified atom stereocenters. The van der Waals surface area contributed by atoms with Crippen LogP contribution in [0.25, 0.3) is 0 Å². The van der Waals surface area contributed by atoms with E-state index in [4.69, 9.17) is 4.42 Å². The number of carbonyl (C=O) groups is 1. The number of aromatic nitrogens is 2. The fourth-order valence-electron chi connectivity index (χ4n) is 1.04. The van der Waals surface area contributed by atoms with Crippen molar-refractivity contribution in [3.05, 3.63) is 5.89 Å². The van der Waals surface area contributed by atoms with E-state index < -0.39 is 0 Å². The maximum Gasteiger partial charge on any atom is 0.322 e. The van der Waals surface area contributed by atoms with Gasteiger partial charge >= 0.3 is 6.01 Å². The molecule has 14 heavy (non-hydrogen) atoms. The van der Waals surface area contributed by atoms with Gasteiger partial charge in [0.1, 0.15) is 0 Å². The van der Waals surface area contributed by atoms with E-state index in [-0.39, 0.29) is 11.9 Å². The van der Waals surface area contributed by atoms with E-state index in [2.05, 4.69) is 20.8 Å². The Morgan fingerprint density at radius 3 is 2.93 bits per heavy atom. The summed E-state index contributed by atoms with van der Waals surface area (Å²) in [4.78, 5) is 11.3. The summed E-state index contributed by atoms with van der Waals surface area (Å²) in [6.45, 7) is 1.97. The summed E-state index contributed by atoms with van der Waals surface area (Å²) in [5, 5.41) is 12.8. The predicted octanol–water partition coefficient (Wildman–Crippen LogP) is 0.0685. The van der Waals surface area contributed by atoms with Gasteiger partial charge in [-0.05, 0) is 12.8 Å². The molecule has 6 heteroatoms. The molecule has 1 amide bonds. The Kier molecular flexibility index (Phi) is 2.45. The molecular formula is C8H12N4O2. The van der Waals surface area contributed by atoms with Crippen LogP contribution in [0.2, 0.25) is 0 Å². The Morgan fingerprint density at radius 2 is 2.36 bits per heavy atom. The molecule has 2 N–H and O–H groups in total. The van der Waals surface area contributed by atoms with Crippen LogP contribution in [0.3, 0.4) is 0 Å². The highest BCUT2D eigenvalue weighted by Gasteiger charge is 2.21. The highest BCUT2D eigenvalue weighted by Crippen LogP contribution is 2.18. The van der Waals surface area contributed by atoms with Gasteiger partial charge in [0, 0.05) is 13.0 Å². The Labute approximate surface area is 81.1 Å². The van der Waals surface area contributed by atoms with Gasteiger partial charge in [-0.3, -0.25) is 10.1 Å². The molecule has 0 spiro atoms. The third kappa shape index (κ3) is 2.53. The SMILES string of the molecule is Cc1nnc(NC(=O)CNC2CC2)o1. The molecule has 1 saturated carbocycles. The third-order valence-corrected chi connectivity index (χ3v) is 1.90. The first-order chi connectivity index (χ1) is 6.74. The van der Waals surface area contributed by atoms with Crippen molar-refractivity contribution in [3.63, 3.8) is 0 Å². The average molecular weight is 196 g/mol. The Balaban J connectivity index is 1.75. The van der Waals surface area contributed by atoms with Crippen molar-refractivity contribution < 1.29 is 9.21 Å². The number of nitrogens with one attached hydrogen (secondary N) is 2. The summed E-state index contributed by atoms with van der Waals surface area (Å²) in [6.07, 6.45) is 2.32. The Bertz CT molecular complexity index is 332. The lowest BCUT2D eigenvalue weighted by atomic mass is 10.5. The number of nitrogens with zero attached hydrogens (tertiary/aromatic N) is 2. The zero-order valence-electron chi connectivity index (χ0n) is 7.91. The second-order valence-electron chi connectivity index (χ2n) is 3.33. The van der Waals surface area contributed by atoms with Crippen molar-refractivity contribution in [1.29, 1.82) is 0 Å². The van der Waals surface area contributed by atoms with Crippen LogP contribution in [-0.4, -0.2) is 28.7 Å². The minimum atomic E-state index is -0.152. The summed E-state index contributed by atoms with van der Waals surface area (Å²) < 4.78 is 4.99. The monoisotopic (exact) mass is 196 g/mol. The first kappa shape index (κ1) is 9.14. The lowest BCUT2D eigenvalue weighted by Gasteiger charge is -2.00. The highest BCUT2D eigenvalue weighted by atomic mass is 16.4. The first-order valence-electron chi connectivity index (χ1n) is 4.57. The van der Waals surface area contributed by atoms with Crippen LogP contribution in [-0.2, 0) is 4.79 Å². The second kappa shape index (κ2) is 3.75. The summed E-state index contributed by atoms with van der Waals surface area (Å²) in [6, 6.07) is 0.676. The molecule has 1 heterocycles. The predicted molar refractivity (Wildman–Crippen MR) is 48.7 cm³/mol. The molecule has 1 aliphatic carbocycles. The summed E-state index contributed by atoms with van der Waals surface area (Å²) in [7, 11) is 0. The third-order valence-electron chi connectivity index (χ3n) is 1.90. The van der Waals surface area contributed by atoms with Gasteiger partial charge in [0.2, 0.25) is 11.8 Å². The van der Waals surface area contributed by atoms with E-state index in [1.165, 1.54) is 0 Å². The molecule has 0 saturated heterocycles. The van der Waals surface area contributed by atoms with E-state index in [9.17, 15) is 4.79 Å². The maximum absolute atomic E-state index is 11.3. The van der Waals surface area contributed by atoms with Crippen molar-refractivity contribution in [1.82, 2.24) is 15.5 Å². The number of hydrogen-bond donors (Lipinski definition) is 2. The van der Waals surface area contributed by atoms with Crippen molar-refractivity contribution in [2.24, 2.45) is 0 Å². The minimum Gasteiger partial charge on any atom is -0.408 e. The van der Waals surface area contributed by atoms with Gasteiger partial charge in [-0.15, -0.1) is 5.10 Å². The summed E-state index contributed by atoms with van der Waals surface area (Å²) in [5.41, 5.74) is 0. The lowest BCUT2D eigenvalue weighted by Crippen LogP contribution is -2.29. The van der Waals surface area contributed by atoms with E-state index >= 15 is 0 Å². The van der Waals surface area contributed by atoms with E-state index in [0.29, 0.717) is 18.5 Å². The van der Waals surface area contributed by atoms with Gasteiger partial charge in [0.25, 0.3) is 0 Å². The number of rotatable bonds is 4. The standard InChI is InChI=1S/C8H12N4O2/c1-5-11-12-8(14-5)10-7(13)4-9-6-2-3-6/h6,9H,2-4H2,1H3,(H,10,12,13). The largest absolute Gasteiger partial charge is 0.408 e. The number of hydrogen-bond acceptors (Lipinski definition) is 5.